The van der Waals surface area contributed by atoms with Gasteiger partial charge in [-0.25, -0.2) is 14.8 Å². The van der Waals surface area contributed by atoms with E-state index in [1.54, 1.807) is 9.80 Å². The third-order valence-corrected chi connectivity index (χ3v) is 4.12. The van der Waals surface area contributed by atoms with Crippen molar-refractivity contribution in [2.75, 3.05) is 57.3 Å². The topological polar surface area (TPSA) is 61.8 Å². The zero-order valence-corrected chi connectivity index (χ0v) is 13.0. The molecule has 0 atom stereocenters. The van der Waals surface area contributed by atoms with Crippen LogP contribution in [-0.4, -0.2) is 78.3 Å². The van der Waals surface area contributed by atoms with Gasteiger partial charge in [0.2, 0.25) is 5.95 Å². The first-order valence-corrected chi connectivity index (χ1v) is 7.73. The summed E-state index contributed by atoms with van der Waals surface area (Å²) in [4.78, 5) is 24.5. The average Bonchev–Trinajstić information content (AvgIpc) is 2.98. The van der Waals surface area contributed by atoms with Gasteiger partial charge in [-0.1, -0.05) is 0 Å². The van der Waals surface area contributed by atoms with Gasteiger partial charge in [0.05, 0.1) is 6.54 Å². The molecule has 1 amide bonds. The summed E-state index contributed by atoms with van der Waals surface area (Å²) in [7, 11) is 0. The van der Waals surface area contributed by atoms with Gasteiger partial charge in [-0.15, -0.1) is 0 Å². The number of carbonyl (C=O) groups excluding carboxylic acids is 1. The van der Waals surface area contributed by atoms with Crippen molar-refractivity contribution in [3.05, 3.63) is 18.0 Å². The Hall–Kier alpha value is -2.10. The molecular weight excluding hydrogens is 327 g/mol. The molecule has 0 aliphatic carbocycles. The summed E-state index contributed by atoms with van der Waals surface area (Å²) in [5, 5.41) is 0. The van der Waals surface area contributed by atoms with E-state index in [-0.39, 0.29) is 12.0 Å². The highest BCUT2D eigenvalue weighted by atomic mass is 19.4. The molecule has 0 radical (unpaired) electrons. The Morgan fingerprint density at radius 1 is 1.12 bits per heavy atom. The summed E-state index contributed by atoms with van der Waals surface area (Å²) < 4.78 is 43.0. The van der Waals surface area contributed by atoms with Crippen LogP contribution in [0.2, 0.25) is 0 Å². The van der Waals surface area contributed by atoms with Gasteiger partial charge in [0.25, 0.3) is 0 Å². The molecule has 0 aromatic carbocycles. The van der Waals surface area contributed by atoms with Crippen molar-refractivity contribution in [1.82, 2.24) is 19.8 Å². The second-order valence-corrected chi connectivity index (χ2v) is 5.67. The minimum absolute atomic E-state index is 0.104. The van der Waals surface area contributed by atoms with Crippen molar-refractivity contribution in [2.45, 2.75) is 6.18 Å². The van der Waals surface area contributed by atoms with Gasteiger partial charge in [-0.05, 0) is 6.07 Å². The number of hydrogen-bond acceptors (Lipinski definition) is 6. The molecular formula is C14H18F3N5O2. The average molecular weight is 345 g/mol. The largest absolute Gasteiger partial charge is 0.448 e. The lowest BCUT2D eigenvalue weighted by atomic mass is 10.3. The summed E-state index contributed by atoms with van der Waals surface area (Å²) in [5.41, 5.74) is -0.928. The quantitative estimate of drug-likeness (QED) is 0.814. The maximum atomic E-state index is 12.7. The monoisotopic (exact) mass is 345 g/mol. The van der Waals surface area contributed by atoms with Crippen LogP contribution < -0.4 is 4.90 Å². The normalized spacial score (nSPS) is 19.7. The van der Waals surface area contributed by atoms with Gasteiger partial charge in [0, 0.05) is 45.5 Å². The van der Waals surface area contributed by atoms with Crippen LogP contribution in [0.4, 0.5) is 23.9 Å². The number of anilines is 1. The van der Waals surface area contributed by atoms with E-state index in [9.17, 15) is 18.0 Å². The first kappa shape index (κ1) is 16.7. The summed E-state index contributed by atoms with van der Waals surface area (Å²) in [6.45, 7) is 4.81. The second-order valence-electron chi connectivity index (χ2n) is 5.67. The molecule has 1 aromatic rings. The Kier molecular flexibility index (Phi) is 4.74. The Morgan fingerprint density at radius 2 is 1.88 bits per heavy atom. The maximum Gasteiger partial charge on any atom is 0.433 e. The molecule has 2 saturated heterocycles. The van der Waals surface area contributed by atoms with E-state index in [0.29, 0.717) is 52.4 Å². The van der Waals surface area contributed by atoms with E-state index in [1.165, 1.54) is 0 Å². The number of aromatic nitrogens is 2. The van der Waals surface area contributed by atoms with Crippen LogP contribution >= 0.6 is 0 Å². The van der Waals surface area contributed by atoms with Gasteiger partial charge >= 0.3 is 12.3 Å². The number of ether oxygens (including phenoxy) is 1. The number of carbonyl (C=O) groups is 1. The molecule has 3 rings (SSSR count). The number of hydrogen-bond donors (Lipinski definition) is 0. The van der Waals surface area contributed by atoms with Crippen LogP contribution in [0.1, 0.15) is 5.69 Å². The molecule has 2 fully saturated rings. The third kappa shape index (κ3) is 3.86. The smallest absolute Gasteiger partial charge is 0.433 e. The predicted molar refractivity (Wildman–Crippen MR) is 78.6 cm³/mol. The molecule has 0 bridgehead atoms. The lowest BCUT2D eigenvalue weighted by Crippen LogP contribution is -2.49. The minimum Gasteiger partial charge on any atom is -0.448 e. The van der Waals surface area contributed by atoms with Crippen LogP contribution in [0, 0.1) is 0 Å². The number of alkyl halides is 3. The Morgan fingerprint density at radius 3 is 2.50 bits per heavy atom. The highest BCUT2D eigenvalue weighted by Crippen LogP contribution is 2.28. The molecule has 0 N–H and O–H groups in total. The number of cyclic esters (lactones) is 1. The standard InChI is InChI=1S/C14H18F3N5O2/c15-14(16,17)11-1-2-18-12(19-11)21-6-3-20(4-7-21)5-8-22-9-10-24-13(22)23/h1-2H,3-10H2. The zero-order valence-electron chi connectivity index (χ0n) is 13.0. The van der Waals surface area contributed by atoms with Crippen LogP contribution in [0.25, 0.3) is 0 Å². The lowest BCUT2D eigenvalue weighted by molar-refractivity contribution is -0.141. The molecule has 2 aliphatic heterocycles. The van der Waals surface area contributed by atoms with E-state index < -0.39 is 11.9 Å². The van der Waals surface area contributed by atoms with Crippen LogP contribution in [0.15, 0.2) is 12.3 Å². The van der Waals surface area contributed by atoms with E-state index in [2.05, 4.69) is 14.9 Å². The third-order valence-electron chi connectivity index (χ3n) is 4.12. The Balaban J connectivity index is 1.51. The molecule has 7 nitrogen and oxygen atoms in total. The summed E-state index contributed by atoms with van der Waals surface area (Å²) in [5.74, 6) is 0.104. The fourth-order valence-corrected chi connectivity index (χ4v) is 2.72. The highest BCUT2D eigenvalue weighted by molar-refractivity contribution is 5.69. The van der Waals surface area contributed by atoms with Crippen molar-refractivity contribution < 1.29 is 22.7 Å². The molecule has 0 spiro atoms. The van der Waals surface area contributed by atoms with E-state index in [4.69, 9.17) is 4.74 Å². The van der Waals surface area contributed by atoms with Crippen LogP contribution in [0.3, 0.4) is 0 Å². The van der Waals surface area contributed by atoms with Crippen molar-refractivity contribution >= 4 is 12.0 Å². The first-order valence-electron chi connectivity index (χ1n) is 7.73. The minimum atomic E-state index is -4.47. The van der Waals surface area contributed by atoms with Gasteiger partial charge < -0.3 is 14.5 Å². The van der Waals surface area contributed by atoms with Gasteiger partial charge in [0.15, 0.2) is 0 Å². The number of rotatable bonds is 4. The van der Waals surface area contributed by atoms with Crippen molar-refractivity contribution in [3.63, 3.8) is 0 Å². The highest BCUT2D eigenvalue weighted by Gasteiger charge is 2.33. The zero-order chi connectivity index (χ0) is 17.2. The van der Waals surface area contributed by atoms with Crippen LogP contribution in [0.5, 0.6) is 0 Å². The molecule has 10 heteroatoms. The van der Waals surface area contributed by atoms with Crippen molar-refractivity contribution in [1.29, 1.82) is 0 Å². The van der Waals surface area contributed by atoms with Crippen LogP contribution in [-0.2, 0) is 10.9 Å². The van der Waals surface area contributed by atoms with E-state index >= 15 is 0 Å². The predicted octanol–water partition coefficient (Wildman–Crippen LogP) is 1.07. The molecule has 1 aromatic heterocycles. The van der Waals surface area contributed by atoms with Crippen molar-refractivity contribution in [2.24, 2.45) is 0 Å². The maximum absolute atomic E-state index is 12.7. The summed E-state index contributed by atoms with van der Waals surface area (Å²) in [6, 6.07) is 0.870. The molecule has 2 aliphatic rings. The number of halogens is 3. The van der Waals surface area contributed by atoms with Gasteiger partial charge in [-0.2, -0.15) is 13.2 Å². The molecule has 3 heterocycles. The van der Waals surface area contributed by atoms with E-state index in [1.807, 2.05) is 0 Å². The first-order chi connectivity index (χ1) is 11.4. The Labute approximate surface area is 137 Å². The molecule has 0 saturated carbocycles. The Bertz CT molecular complexity index is 590. The summed E-state index contributed by atoms with van der Waals surface area (Å²) in [6.07, 6.45) is -3.62. The van der Waals surface area contributed by atoms with Gasteiger partial charge in [-0.3, -0.25) is 4.90 Å². The van der Waals surface area contributed by atoms with Crippen molar-refractivity contribution in [3.8, 4) is 0 Å². The second kappa shape index (κ2) is 6.80. The van der Waals surface area contributed by atoms with E-state index in [0.717, 1.165) is 12.3 Å². The number of nitrogens with zero attached hydrogens (tertiary/aromatic N) is 5. The fraction of sp³-hybridized carbons (Fsp3) is 0.643. The fourth-order valence-electron chi connectivity index (χ4n) is 2.72. The number of piperazine rings is 1. The number of amides is 1. The molecule has 132 valence electrons. The lowest BCUT2D eigenvalue weighted by Gasteiger charge is -2.35. The summed E-state index contributed by atoms with van der Waals surface area (Å²) >= 11 is 0. The molecule has 24 heavy (non-hydrogen) atoms. The van der Waals surface area contributed by atoms with Gasteiger partial charge in [0.1, 0.15) is 12.3 Å². The molecule has 0 unspecified atom stereocenters. The SMILES string of the molecule is O=C1OCCN1CCN1CCN(c2nccc(C(F)(F)F)n2)CC1.